The van der Waals surface area contributed by atoms with E-state index in [9.17, 15) is 0 Å². The van der Waals surface area contributed by atoms with Gasteiger partial charge in [0, 0.05) is 28.0 Å². The first-order chi connectivity index (χ1) is 11.8. The summed E-state index contributed by atoms with van der Waals surface area (Å²) >= 11 is 8.37. The molecule has 1 N–H and O–H groups in total. The fraction of sp³-hybridized carbons (Fsp3) is 0.100. The standard InChI is InChI=1S/C20H15ClN2S/c21-15-7-3-6-14-12-22-19(16-8-4-10-23(16)20(14)15)18-11-13-5-1-2-9-17(13)24-18/h1-11,19,22H,12H2. The van der Waals surface area contributed by atoms with Crippen LogP contribution in [0.15, 0.2) is 66.9 Å². The molecule has 0 saturated heterocycles. The third kappa shape index (κ3) is 2.13. The van der Waals surface area contributed by atoms with E-state index in [1.54, 1.807) is 0 Å². The summed E-state index contributed by atoms with van der Waals surface area (Å²) in [6.45, 7) is 0.802. The lowest BCUT2D eigenvalue weighted by Crippen LogP contribution is -2.20. The Morgan fingerprint density at radius 2 is 1.96 bits per heavy atom. The van der Waals surface area contributed by atoms with Crippen LogP contribution in [0.2, 0.25) is 5.02 Å². The summed E-state index contributed by atoms with van der Waals surface area (Å²) in [5, 5.41) is 5.81. The summed E-state index contributed by atoms with van der Waals surface area (Å²) in [5.41, 5.74) is 3.55. The zero-order chi connectivity index (χ0) is 16.1. The molecule has 1 atom stereocenters. The highest BCUT2D eigenvalue weighted by molar-refractivity contribution is 7.19. The molecule has 0 spiro atoms. The molecule has 4 heteroatoms. The van der Waals surface area contributed by atoms with Crippen molar-refractivity contribution in [1.82, 2.24) is 9.88 Å². The summed E-state index contributed by atoms with van der Waals surface area (Å²) in [6, 6.07) is 21.4. The molecule has 4 aromatic rings. The summed E-state index contributed by atoms with van der Waals surface area (Å²) in [5.74, 6) is 0. The molecule has 0 amide bonds. The van der Waals surface area contributed by atoms with E-state index in [0.29, 0.717) is 0 Å². The normalized spacial score (nSPS) is 16.6. The maximum atomic E-state index is 6.51. The smallest absolute Gasteiger partial charge is 0.0831 e. The van der Waals surface area contributed by atoms with Gasteiger partial charge in [-0.15, -0.1) is 11.3 Å². The Balaban J connectivity index is 1.70. The molecule has 0 aliphatic carbocycles. The molecule has 2 nitrogen and oxygen atoms in total. The number of halogens is 1. The molecule has 0 saturated carbocycles. The molecule has 2 aromatic heterocycles. The Morgan fingerprint density at radius 1 is 1.04 bits per heavy atom. The second-order valence-electron chi connectivity index (χ2n) is 6.05. The Bertz CT molecular complexity index is 1010. The zero-order valence-corrected chi connectivity index (χ0v) is 14.4. The number of nitrogens with one attached hydrogen (secondary N) is 1. The number of benzene rings is 2. The lowest BCUT2D eigenvalue weighted by atomic mass is 10.1. The van der Waals surface area contributed by atoms with Gasteiger partial charge in [-0.25, -0.2) is 0 Å². The predicted octanol–water partition coefficient (Wildman–Crippen LogP) is 5.54. The molecule has 5 rings (SSSR count). The number of aromatic nitrogens is 1. The van der Waals surface area contributed by atoms with Crippen LogP contribution in [0, 0.1) is 0 Å². The molecule has 1 aliphatic rings. The molecule has 2 aromatic carbocycles. The molecule has 1 unspecified atom stereocenters. The van der Waals surface area contributed by atoms with Crippen LogP contribution >= 0.6 is 22.9 Å². The molecule has 1 aliphatic heterocycles. The predicted molar refractivity (Wildman–Crippen MR) is 101 cm³/mol. The average Bonchev–Trinajstić information content (AvgIpc) is 3.19. The highest BCUT2D eigenvalue weighted by Gasteiger charge is 2.25. The van der Waals surface area contributed by atoms with Crippen molar-refractivity contribution in [1.29, 1.82) is 0 Å². The molecule has 24 heavy (non-hydrogen) atoms. The van der Waals surface area contributed by atoms with Gasteiger partial charge in [0.15, 0.2) is 0 Å². The minimum absolute atomic E-state index is 0.167. The number of hydrogen-bond donors (Lipinski definition) is 1. The van der Waals surface area contributed by atoms with Gasteiger partial charge < -0.3 is 9.88 Å². The summed E-state index contributed by atoms with van der Waals surface area (Å²) in [6.07, 6.45) is 2.10. The first kappa shape index (κ1) is 14.3. The maximum Gasteiger partial charge on any atom is 0.0831 e. The average molecular weight is 351 g/mol. The summed E-state index contributed by atoms with van der Waals surface area (Å²) in [4.78, 5) is 1.33. The molecule has 0 fully saturated rings. The molecular weight excluding hydrogens is 336 g/mol. The monoisotopic (exact) mass is 350 g/mol. The van der Waals surface area contributed by atoms with Crippen LogP contribution < -0.4 is 5.32 Å². The van der Waals surface area contributed by atoms with E-state index in [0.717, 1.165) is 17.3 Å². The van der Waals surface area contributed by atoms with Gasteiger partial charge in [0.05, 0.1) is 16.8 Å². The summed E-state index contributed by atoms with van der Waals surface area (Å²) in [7, 11) is 0. The van der Waals surface area contributed by atoms with Crippen molar-refractivity contribution in [3.8, 4) is 5.69 Å². The second-order valence-corrected chi connectivity index (χ2v) is 7.57. The van der Waals surface area contributed by atoms with E-state index in [4.69, 9.17) is 11.6 Å². The van der Waals surface area contributed by atoms with Crippen LogP contribution in [-0.4, -0.2) is 4.57 Å². The Morgan fingerprint density at radius 3 is 2.88 bits per heavy atom. The van der Waals surface area contributed by atoms with Crippen LogP contribution in [0.1, 0.15) is 22.2 Å². The van der Waals surface area contributed by atoms with Crippen LogP contribution in [0.4, 0.5) is 0 Å². The largest absolute Gasteiger partial charge is 0.317 e. The van der Waals surface area contributed by atoms with Crippen LogP contribution in [0.3, 0.4) is 0 Å². The van der Waals surface area contributed by atoms with Crippen LogP contribution in [-0.2, 0) is 6.54 Å². The van der Waals surface area contributed by atoms with Crippen molar-refractivity contribution in [3.05, 3.63) is 88.0 Å². The highest BCUT2D eigenvalue weighted by Crippen LogP contribution is 2.37. The Hall–Kier alpha value is -2.07. The molecule has 0 radical (unpaired) electrons. The van der Waals surface area contributed by atoms with Crippen LogP contribution in [0.5, 0.6) is 0 Å². The van der Waals surface area contributed by atoms with Crippen LogP contribution in [0.25, 0.3) is 15.8 Å². The number of nitrogens with zero attached hydrogens (tertiary/aromatic N) is 1. The van der Waals surface area contributed by atoms with Crippen molar-refractivity contribution in [2.24, 2.45) is 0 Å². The fourth-order valence-corrected chi connectivity index (χ4v) is 4.95. The third-order valence-corrected chi connectivity index (χ3v) is 6.10. The molecular formula is C20H15ClN2S. The quantitative estimate of drug-likeness (QED) is 0.477. The van der Waals surface area contributed by atoms with E-state index in [1.165, 1.54) is 26.2 Å². The number of rotatable bonds is 1. The summed E-state index contributed by atoms with van der Waals surface area (Å²) < 4.78 is 3.55. The third-order valence-electron chi connectivity index (χ3n) is 4.61. The van der Waals surface area contributed by atoms with E-state index < -0.39 is 0 Å². The minimum atomic E-state index is 0.167. The lowest BCUT2D eigenvalue weighted by molar-refractivity contribution is 0.609. The van der Waals surface area contributed by atoms with E-state index in [-0.39, 0.29) is 6.04 Å². The fourth-order valence-electron chi connectivity index (χ4n) is 3.51. The van der Waals surface area contributed by atoms with Crippen molar-refractivity contribution in [2.45, 2.75) is 12.6 Å². The maximum absolute atomic E-state index is 6.51. The van der Waals surface area contributed by atoms with Gasteiger partial charge in [0.1, 0.15) is 0 Å². The highest BCUT2D eigenvalue weighted by atomic mass is 35.5. The number of hydrogen-bond acceptors (Lipinski definition) is 2. The van der Waals surface area contributed by atoms with E-state index in [1.807, 2.05) is 23.5 Å². The number of thiophene rings is 1. The van der Waals surface area contributed by atoms with Gasteiger partial charge in [-0.05, 0) is 41.3 Å². The van der Waals surface area contributed by atoms with Gasteiger partial charge in [0.25, 0.3) is 0 Å². The van der Waals surface area contributed by atoms with Crippen molar-refractivity contribution >= 4 is 33.0 Å². The molecule has 0 bridgehead atoms. The Labute approximate surface area is 149 Å². The first-order valence-corrected chi connectivity index (χ1v) is 9.17. The van der Waals surface area contributed by atoms with Gasteiger partial charge in [0.2, 0.25) is 0 Å². The van der Waals surface area contributed by atoms with Crippen molar-refractivity contribution in [3.63, 3.8) is 0 Å². The van der Waals surface area contributed by atoms with Gasteiger partial charge >= 0.3 is 0 Å². The van der Waals surface area contributed by atoms with Crippen molar-refractivity contribution in [2.75, 3.05) is 0 Å². The molecule has 118 valence electrons. The number of fused-ring (bicyclic) bond motifs is 4. The van der Waals surface area contributed by atoms with Gasteiger partial charge in [-0.1, -0.05) is 41.9 Å². The Kier molecular flexibility index (Phi) is 3.27. The van der Waals surface area contributed by atoms with E-state index >= 15 is 0 Å². The SMILES string of the molecule is Clc1cccc2c1-n1cccc1C(c1cc3ccccc3s1)NC2. The first-order valence-electron chi connectivity index (χ1n) is 7.98. The van der Waals surface area contributed by atoms with Gasteiger partial charge in [-0.3, -0.25) is 0 Å². The zero-order valence-electron chi connectivity index (χ0n) is 12.9. The molecule has 3 heterocycles. The second kappa shape index (κ2) is 5.49. The number of para-hydroxylation sites is 1. The topological polar surface area (TPSA) is 17.0 Å². The van der Waals surface area contributed by atoms with Gasteiger partial charge in [-0.2, -0.15) is 0 Å². The lowest BCUT2D eigenvalue weighted by Gasteiger charge is -2.16. The minimum Gasteiger partial charge on any atom is -0.317 e. The van der Waals surface area contributed by atoms with Crippen molar-refractivity contribution < 1.29 is 0 Å². The van der Waals surface area contributed by atoms with E-state index in [2.05, 4.69) is 64.6 Å².